The van der Waals surface area contributed by atoms with Gasteiger partial charge in [0.05, 0.1) is 30.5 Å². The van der Waals surface area contributed by atoms with E-state index in [1.54, 1.807) is 25.6 Å². The maximum atomic E-state index is 13.5. The molecule has 0 spiro atoms. The molecule has 1 aliphatic heterocycles. The zero-order valence-electron chi connectivity index (χ0n) is 19.3. The number of nitrogens with zero attached hydrogens (tertiary/aromatic N) is 4. The average molecular weight is 457 g/mol. The Morgan fingerprint density at radius 3 is 2.65 bits per heavy atom. The van der Waals surface area contributed by atoms with E-state index in [-0.39, 0.29) is 11.4 Å². The molecule has 3 heterocycles. The van der Waals surface area contributed by atoms with Gasteiger partial charge in [-0.15, -0.1) is 0 Å². The molecule has 0 saturated heterocycles. The molecule has 4 aromatic rings. The number of methoxy groups -OCH3 is 1. The van der Waals surface area contributed by atoms with Gasteiger partial charge in [-0.2, -0.15) is 4.98 Å². The summed E-state index contributed by atoms with van der Waals surface area (Å²) >= 11 is 0. The van der Waals surface area contributed by atoms with Gasteiger partial charge in [0, 0.05) is 18.8 Å². The first-order valence-corrected chi connectivity index (χ1v) is 11.2. The largest absolute Gasteiger partial charge is 0.495 e. The third-order valence-electron chi connectivity index (χ3n) is 6.05. The molecule has 5 rings (SSSR count). The minimum absolute atomic E-state index is 0.309. The number of allylic oxidation sites excluding steroid dienone is 1. The molecule has 1 unspecified atom stereocenters. The average Bonchev–Trinajstić information content (AvgIpc) is 3.25. The number of ether oxygens (including phenoxy) is 1. The molecule has 0 saturated carbocycles. The van der Waals surface area contributed by atoms with E-state index in [2.05, 4.69) is 27.5 Å². The summed E-state index contributed by atoms with van der Waals surface area (Å²) in [5.74, 6) is 1.41. The van der Waals surface area contributed by atoms with E-state index >= 15 is 0 Å². The Balaban J connectivity index is 1.60. The predicted molar refractivity (Wildman–Crippen MR) is 130 cm³/mol. The first kappa shape index (κ1) is 21.8. The summed E-state index contributed by atoms with van der Waals surface area (Å²) in [6.45, 7) is 4.85. The van der Waals surface area contributed by atoms with Gasteiger partial charge in [-0.3, -0.25) is 4.79 Å². The topological polar surface area (TPSA) is 61.9 Å². The highest BCUT2D eigenvalue weighted by molar-refractivity contribution is 5.81. The van der Waals surface area contributed by atoms with Crippen LogP contribution in [0.25, 0.3) is 28.6 Å². The Morgan fingerprint density at radius 2 is 1.94 bits per heavy atom. The van der Waals surface area contributed by atoms with E-state index in [4.69, 9.17) is 4.74 Å². The van der Waals surface area contributed by atoms with Crippen LogP contribution in [0.15, 0.2) is 65.8 Å². The highest BCUT2D eigenvalue weighted by atomic mass is 19.1. The van der Waals surface area contributed by atoms with Crippen LogP contribution in [0.4, 0.5) is 4.39 Å². The number of hydrogen-bond donors (Lipinski definition) is 0. The van der Waals surface area contributed by atoms with Gasteiger partial charge in [-0.25, -0.2) is 9.37 Å². The van der Waals surface area contributed by atoms with Crippen molar-refractivity contribution in [3.63, 3.8) is 0 Å². The Labute approximate surface area is 197 Å². The first-order valence-electron chi connectivity index (χ1n) is 11.2. The molecule has 2 aromatic heterocycles. The van der Waals surface area contributed by atoms with E-state index in [1.165, 1.54) is 18.2 Å². The number of halogens is 1. The lowest BCUT2D eigenvalue weighted by atomic mass is 9.93. The highest BCUT2D eigenvalue weighted by Gasteiger charge is 2.23. The summed E-state index contributed by atoms with van der Waals surface area (Å²) < 4.78 is 23.1. The third kappa shape index (κ3) is 4.17. The number of rotatable bonds is 4. The molecule has 0 radical (unpaired) electrons. The smallest absolute Gasteiger partial charge is 0.273 e. The van der Waals surface area contributed by atoms with Crippen LogP contribution in [0.3, 0.4) is 0 Å². The van der Waals surface area contributed by atoms with Crippen molar-refractivity contribution in [1.82, 2.24) is 19.1 Å². The Bertz CT molecular complexity index is 1450. The van der Waals surface area contributed by atoms with Crippen LogP contribution in [0.2, 0.25) is 0 Å². The van der Waals surface area contributed by atoms with Crippen LogP contribution >= 0.6 is 0 Å². The zero-order valence-corrected chi connectivity index (χ0v) is 19.3. The minimum Gasteiger partial charge on any atom is -0.495 e. The molecule has 1 aliphatic rings. The number of aryl methyl sites for hydroxylation is 1. The molecule has 1 atom stereocenters. The SMILES string of the molecule is COc1cc(C=C2CC(C)Cn3c(-c4ccc(F)cc4)cc(=O)nc32)ccc1-n1cnc(C)c1. The second-order valence-corrected chi connectivity index (χ2v) is 8.75. The number of fused-ring (bicyclic) bond motifs is 1. The predicted octanol–water partition coefficient (Wildman–Crippen LogP) is 5.13. The van der Waals surface area contributed by atoms with E-state index in [0.717, 1.165) is 52.5 Å². The number of benzene rings is 2. The standard InChI is InChI=1S/C27H25FN4O2/c1-17-10-21(11-19-4-9-23(25(12-19)34-3)31-15-18(2)29-16-31)27-30-26(33)13-24(32(27)14-17)20-5-7-22(28)8-6-20/h4-9,11-13,15-17H,10,14H2,1-3H3. The first-order chi connectivity index (χ1) is 16.4. The van der Waals surface area contributed by atoms with Crippen molar-refractivity contribution in [2.45, 2.75) is 26.8 Å². The molecule has 0 amide bonds. The maximum Gasteiger partial charge on any atom is 0.273 e. The van der Waals surface area contributed by atoms with E-state index in [0.29, 0.717) is 11.7 Å². The summed E-state index contributed by atoms with van der Waals surface area (Å²) in [6.07, 6.45) is 6.57. The molecule has 172 valence electrons. The van der Waals surface area contributed by atoms with Crippen LogP contribution in [0, 0.1) is 18.7 Å². The molecule has 2 aromatic carbocycles. The van der Waals surface area contributed by atoms with Gasteiger partial charge in [0.1, 0.15) is 17.4 Å². The number of hydrogen-bond acceptors (Lipinski definition) is 4. The maximum absolute atomic E-state index is 13.5. The fourth-order valence-corrected chi connectivity index (χ4v) is 4.51. The van der Waals surface area contributed by atoms with E-state index in [9.17, 15) is 9.18 Å². The fraction of sp³-hybridized carbons (Fsp3) is 0.222. The lowest BCUT2D eigenvalue weighted by molar-refractivity contribution is 0.413. The summed E-state index contributed by atoms with van der Waals surface area (Å²) in [6, 6.07) is 13.7. The summed E-state index contributed by atoms with van der Waals surface area (Å²) in [5, 5.41) is 0. The van der Waals surface area contributed by atoms with Crippen molar-refractivity contribution in [2.24, 2.45) is 5.92 Å². The van der Waals surface area contributed by atoms with Crippen molar-refractivity contribution in [1.29, 1.82) is 0 Å². The quantitative estimate of drug-likeness (QED) is 0.427. The monoisotopic (exact) mass is 456 g/mol. The van der Waals surface area contributed by atoms with E-state index in [1.807, 2.05) is 35.9 Å². The minimum atomic E-state index is -0.311. The van der Waals surface area contributed by atoms with E-state index < -0.39 is 0 Å². The van der Waals surface area contributed by atoms with Gasteiger partial charge >= 0.3 is 0 Å². The van der Waals surface area contributed by atoms with Crippen molar-refractivity contribution in [2.75, 3.05) is 7.11 Å². The molecule has 0 N–H and O–H groups in total. The molecule has 7 heteroatoms. The van der Waals surface area contributed by atoms with Gasteiger partial charge in [0.25, 0.3) is 5.56 Å². The van der Waals surface area contributed by atoms with Gasteiger partial charge in [0.15, 0.2) is 0 Å². The number of aromatic nitrogens is 4. The fourth-order valence-electron chi connectivity index (χ4n) is 4.51. The van der Waals surface area contributed by atoms with Crippen molar-refractivity contribution < 1.29 is 9.13 Å². The lowest BCUT2D eigenvalue weighted by Gasteiger charge is -2.28. The van der Waals surface area contributed by atoms with Gasteiger partial charge in [-0.05, 0) is 78.4 Å². The summed E-state index contributed by atoms with van der Waals surface area (Å²) in [4.78, 5) is 21.2. The second kappa shape index (κ2) is 8.74. The lowest BCUT2D eigenvalue weighted by Crippen LogP contribution is -2.26. The van der Waals surface area contributed by atoms with Gasteiger partial charge in [0.2, 0.25) is 0 Å². The molecular weight excluding hydrogens is 431 g/mol. The van der Waals surface area contributed by atoms with Crippen molar-refractivity contribution in [3.8, 4) is 22.7 Å². The molecular formula is C27H25FN4O2. The van der Waals surface area contributed by atoms with Crippen molar-refractivity contribution >= 4 is 11.6 Å². The molecule has 0 fully saturated rings. The van der Waals surface area contributed by atoms with Crippen LogP contribution < -0.4 is 10.3 Å². The number of imidazole rings is 1. The summed E-state index contributed by atoms with van der Waals surface area (Å²) in [5.41, 5.74) is 4.98. The Hall–Kier alpha value is -4.00. The van der Waals surface area contributed by atoms with Crippen LogP contribution in [0.1, 0.15) is 30.4 Å². The second-order valence-electron chi connectivity index (χ2n) is 8.75. The van der Waals surface area contributed by atoms with Crippen LogP contribution in [0.5, 0.6) is 5.75 Å². The normalized spacial score (nSPS) is 16.5. The van der Waals surface area contributed by atoms with Crippen LogP contribution in [-0.4, -0.2) is 26.2 Å². The molecule has 6 nitrogen and oxygen atoms in total. The van der Waals surface area contributed by atoms with Gasteiger partial charge < -0.3 is 13.9 Å². The Morgan fingerprint density at radius 1 is 1.15 bits per heavy atom. The molecule has 0 aliphatic carbocycles. The van der Waals surface area contributed by atoms with Gasteiger partial charge in [-0.1, -0.05) is 13.0 Å². The highest BCUT2D eigenvalue weighted by Crippen LogP contribution is 2.34. The zero-order chi connectivity index (χ0) is 23.8. The van der Waals surface area contributed by atoms with Crippen LogP contribution in [-0.2, 0) is 6.54 Å². The molecule has 34 heavy (non-hydrogen) atoms. The Kier molecular flexibility index (Phi) is 5.61. The molecule has 0 bridgehead atoms. The third-order valence-corrected chi connectivity index (χ3v) is 6.05. The van der Waals surface area contributed by atoms with Crippen molar-refractivity contribution in [3.05, 3.63) is 94.3 Å². The summed E-state index contributed by atoms with van der Waals surface area (Å²) in [7, 11) is 1.65.